The topological polar surface area (TPSA) is 37.4 Å². The lowest BCUT2D eigenvalue weighted by Crippen LogP contribution is -2.33. The molecule has 1 fully saturated rings. The zero-order chi connectivity index (χ0) is 14.2. The Kier molecular flexibility index (Phi) is 4.23. The molecule has 0 amide bonds. The monoisotopic (exact) mass is 301 g/mol. The minimum absolute atomic E-state index is 0.190. The Hall–Kier alpha value is -0.580. The third-order valence-corrected chi connectivity index (χ3v) is 6.09. The summed E-state index contributed by atoms with van der Waals surface area (Å²) < 4.78 is 27.1. The van der Waals surface area contributed by atoms with E-state index in [4.69, 9.17) is 11.6 Å². The molecular formula is C14H20ClNO2S. The van der Waals surface area contributed by atoms with Gasteiger partial charge in [-0.3, -0.25) is 0 Å². The average Bonchev–Trinajstić information content (AvgIpc) is 3.13. The van der Waals surface area contributed by atoms with Gasteiger partial charge >= 0.3 is 0 Å². The first-order valence-electron chi connectivity index (χ1n) is 6.59. The van der Waals surface area contributed by atoms with E-state index in [1.807, 2.05) is 26.8 Å². The normalized spacial score (nSPS) is 16.1. The van der Waals surface area contributed by atoms with Crippen LogP contribution in [0.1, 0.15) is 36.5 Å². The molecule has 1 aromatic rings. The molecule has 0 spiro atoms. The van der Waals surface area contributed by atoms with E-state index < -0.39 is 10.0 Å². The van der Waals surface area contributed by atoms with Crippen LogP contribution < -0.4 is 0 Å². The zero-order valence-corrected chi connectivity index (χ0v) is 13.2. The smallest absolute Gasteiger partial charge is 0.207 e. The molecule has 0 radical (unpaired) electrons. The van der Waals surface area contributed by atoms with Crippen molar-refractivity contribution in [3.63, 3.8) is 0 Å². The van der Waals surface area contributed by atoms with Crippen LogP contribution >= 0.6 is 11.6 Å². The molecule has 1 saturated carbocycles. The second-order valence-electron chi connectivity index (χ2n) is 5.12. The Morgan fingerprint density at radius 1 is 1.26 bits per heavy atom. The van der Waals surface area contributed by atoms with Gasteiger partial charge in [-0.25, -0.2) is 8.42 Å². The standard InChI is InChI=1S/C14H20ClNO2S/c1-4-16(13-5-6-13)19(17,18)14-8-12(9-15)10(2)7-11(14)3/h7-8,13H,4-6,9H2,1-3H3. The lowest BCUT2D eigenvalue weighted by Gasteiger charge is -2.22. The molecule has 19 heavy (non-hydrogen) atoms. The van der Waals surface area contributed by atoms with Gasteiger partial charge in [0.1, 0.15) is 0 Å². The number of hydrogen-bond donors (Lipinski definition) is 0. The highest BCUT2D eigenvalue weighted by molar-refractivity contribution is 7.89. The molecule has 0 heterocycles. The summed E-state index contributed by atoms with van der Waals surface area (Å²) in [5, 5.41) is 0. The molecule has 0 unspecified atom stereocenters. The van der Waals surface area contributed by atoms with Crippen molar-refractivity contribution in [3.05, 3.63) is 28.8 Å². The van der Waals surface area contributed by atoms with Gasteiger partial charge in [0, 0.05) is 18.5 Å². The van der Waals surface area contributed by atoms with Crippen molar-refractivity contribution in [2.24, 2.45) is 0 Å². The summed E-state index contributed by atoms with van der Waals surface area (Å²) in [5.41, 5.74) is 2.73. The van der Waals surface area contributed by atoms with Gasteiger partial charge in [-0.05, 0) is 49.4 Å². The van der Waals surface area contributed by atoms with Crippen LogP contribution in [-0.2, 0) is 15.9 Å². The van der Waals surface area contributed by atoms with E-state index in [0.29, 0.717) is 17.3 Å². The number of rotatable bonds is 5. The van der Waals surface area contributed by atoms with Gasteiger partial charge in [-0.15, -0.1) is 11.6 Å². The zero-order valence-electron chi connectivity index (χ0n) is 11.6. The van der Waals surface area contributed by atoms with E-state index in [1.165, 1.54) is 0 Å². The molecule has 0 atom stereocenters. The number of hydrogen-bond acceptors (Lipinski definition) is 2. The summed E-state index contributed by atoms with van der Waals surface area (Å²) in [6.45, 7) is 6.22. The molecule has 1 aromatic carbocycles. The quantitative estimate of drug-likeness (QED) is 0.783. The van der Waals surface area contributed by atoms with E-state index in [-0.39, 0.29) is 6.04 Å². The van der Waals surface area contributed by atoms with E-state index in [0.717, 1.165) is 29.5 Å². The predicted octanol–water partition coefficient (Wildman–Crippen LogP) is 3.22. The SMILES string of the molecule is CCN(C1CC1)S(=O)(=O)c1cc(CCl)c(C)cc1C. The number of nitrogens with zero attached hydrogens (tertiary/aromatic N) is 1. The first-order chi connectivity index (χ1) is 8.91. The fraction of sp³-hybridized carbons (Fsp3) is 0.571. The average molecular weight is 302 g/mol. The molecule has 106 valence electrons. The molecule has 0 saturated heterocycles. The van der Waals surface area contributed by atoms with Gasteiger partial charge in [-0.2, -0.15) is 4.31 Å². The maximum absolute atomic E-state index is 12.7. The van der Waals surface area contributed by atoms with Crippen LogP contribution in [0.2, 0.25) is 0 Å². The maximum Gasteiger partial charge on any atom is 0.243 e. The number of benzene rings is 1. The largest absolute Gasteiger partial charge is 0.243 e. The van der Waals surface area contributed by atoms with Gasteiger partial charge in [0.25, 0.3) is 0 Å². The first kappa shape index (κ1) is 14.8. The third kappa shape index (κ3) is 2.81. The van der Waals surface area contributed by atoms with E-state index in [2.05, 4.69) is 0 Å². The molecule has 5 heteroatoms. The van der Waals surface area contributed by atoms with Gasteiger partial charge < -0.3 is 0 Å². The molecule has 0 N–H and O–H groups in total. The van der Waals surface area contributed by atoms with Crippen molar-refractivity contribution < 1.29 is 8.42 Å². The first-order valence-corrected chi connectivity index (χ1v) is 8.57. The molecule has 2 rings (SSSR count). The fourth-order valence-corrected chi connectivity index (χ4v) is 4.65. The molecule has 0 aromatic heterocycles. The highest BCUT2D eigenvalue weighted by Gasteiger charge is 2.37. The van der Waals surface area contributed by atoms with E-state index >= 15 is 0 Å². The van der Waals surface area contributed by atoms with Crippen molar-refractivity contribution in [1.29, 1.82) is 0 Å². The highest BCUT2D eigenvalue weighted by atomic mass is 35.5. The Labute approximate surface area is 120 Å². The molecule has 1 aliphatic rings. The number of aryl methyl sites for hydroxylation is 2. The van der Waals surface area contributed by atoms with Crippen LogP contribution in [0.3, 0.4) is 0 Å². The summed E-state index contributed by atoms with van der Waals surface area (Å²) in [7, 11) is -3.39. The molecule has 0 bridgehead atoms. The molecule has 3 nitrogen and oxygen atoms in total. The van der Waals surface area contributed by atoms with Gasteiger partial charge in [0.05, 0.1) is 4.90 Å². The van der Waals surface area contributed by atoms with Gasteiger partial charge in [-0.1, -0.05) is 13.0 Å². The van der Waals surface area contributed by atoms with Crippen LogP contribution in [0.4, 0.5) is 0 Å². The highest BCUT2D eigenvalue weighted by Crippen LogP contribution is 2.33. The lowest BCUT2D eigenvalue weighted by atomic mass is 10.1. The lowest BCUT2D eigenvalue weighted by molar-refractivity contribution is 0.420. The second kappa shape index (κ2) is 5.43. The summed E-state index contributed by atoms with van der Waals surface area (Å²) in [6.07, 6.45) is 1.95. The van der Waals surface area contributed by atoms with Crippen molar-refractivity contribution >= 4 is 21.6 Å². The van der Waals surface area contributed by atoms with Gasteiger partial charge in [0.15, 0.2) is 0 Å². The Morgan fingerprint density at radius 2 is 1.89 bits per heavy atom. The summed E-state index contributed by atoms with van der Waals surface area (Å²) >= 11 is 5.89. The minimum atomic E-state index is -3.39. The summed E-state index contributed by atoms with van der Waals surface area (Å²) in [5.74, 6) is 0.337. The van der Waals surface area contributed by atoms with Crippen LogP contribution in [0.15, 0.2) is 17.0 Å². The van der Waals surface area contributed by atoms with Crippen LogP contribution in [0.25, 0.3) is 0 Å². The maximum atomic E-state index is 12.7. The van der Waals surface area contributed by atoms with Crippen LogP contribution in [-0.4, -0.2) is 25.3 Å². The molecule has 0 aliphatic heterocycles. The van der Waals surface area contributed by atoms with E-state index in [1.54, 1.807) is 10.4 Å². The number of sulfonamides is 1. The predicted molar refractivity (Wildman–Crippen MR) is 78.1 cm³/mol. The van der Waals surface area contributed by atoms with Crippen molar-refractivity contribution in [2.75, 3.05) is 6.54 Å². The Morgan fingerprint density at radius 3 is 2.37 bits per heavy atom. The third-order valence-electron chi connectivity index (χ3n) is 3.63. The number of alkyl halides is 1. The van der Waals surface area contributed by atoms with Crippen LogP contribution in [0, 0.1) is 13.8 Å². The van der Waals surface area contributed by atoms with Crippen molar-refractivity contribution in [2.45, 2.75) is 50.4 Å². The Bertz CT molecular complexity index is 579. The van der Waals surface area contributed by atoms with Crippen LogP contribution in [0.5, 0.6) is 0 Å². The van der Waals surface area contributed by atoms with Crippen molar-refractivity contribution in [3.8, 4) is 0 Å². The molecular weight excluding hydrogens is 282 g/mol. The minimum Gasteiger partial charge on any atom is -0.207 e. The van der Waals surface area contributed by atoms with E-state index in [9.17, 15) is 8.42 Å². The summed E-state index contributed by atoms with van der Waals surface area (Å²) in [6, 6.07) is 3.83. The fourth-order valence-electron chi connectivity index (χ4n) is 2.41. The van der Waals surface area contributed by atoms with Gasteiger partial charge in [0.2, 0.25) is 10.0 Å². The molecule has 1 aliphatic carbocycles. The second-order valence-corrected chi connectivity index (χ2v) is 7.24. The van der Waals surface area contributed by atoms with Crippen molar-refractivity contribution in [1.82, 2.24) is 4.31 Å². The summed E-state index contributed by atoms with van der Waals surface area (Å²) in [4.78, 5) is 0.405. The Balaban J connectivity index is 2.50. The number of halogens is 1.